The van der Waals surface area contributed by atoms with Gasteiger partial charge in [-0.3, -0.25) is 9.36 Å². The Morgan fingerprint density at radius 1 is 1.14 bits per heavy atom. The van der Waals surface area contributed by atoms with E-state index in [0.29, 0.717) is 16.0 Å². The number of hydrogen-bond acceptors (Lipinski definition) is 5. The Bertz CT molecular complexity index is 1190. The molecule has 2 aromatic carbocycles. The van der Waals surface area contributed by atoms with Crippen molar-refractivity contribution >= 4 is 21.6 Å². The van der Waals surface area contributed by atoms with Crippen LogP contribution in [0.1, 0.15) is 11.1 Å². The van der Waals surface area contributed by atoms with Crippen LogP contribution in [0.25, 0.3) is 21.3 Å². The van der Waals surface area contributed by atoms with Gasteiger partial charge in [-0.15, -0.1) is 11.3 Å². The molecular weight excluding hydrogens is 384 g/mol. The number of hydrogen-bond donors (Lipinski definition) is 1. The van der Waals surface area contributed by atoms with E-state index < -0.39 is 6.10 Å². The van der Waals surface area contributed by atoms with E-state index in [-0.39, 0.29) is 18.7 Å². The molecule has 1 atom stereocenters. The summed E-state index contributed by atoms with van der Waals surface area (Å²) in [6.45, 7) is 4.24. The smallest absolute Gasteiger partial charge is 0.262 e. The summed E-state index contributed by atoms with van der Waals surface area (Å²) < 4.78 is 7.11. The first-order valence-electron chi connectivity index (χ1n) is 9.42. The monoisotopic (exact) mass is 406 g/mol. The van der Waals surface area contributed by atoms with Crippen molar-refractivity contribution in [2.75, 3.05) is 6.61 Å². The number of thiophene rings is 1. The van der Waals surface area contributed by atoms with Crippen molar-refractivity contribution < 1.29 is 9.84 Å². The molecule has 6 heteroatoms. The maximum absolute atomic E-state index is 13.1. The summed E-state index contributed by atoms with van der Waals surface area (Å²) in [5.74, 6) is 0.699. The third-order valence-corrected chi connectivity index (χ3v) is 5.65. The lowest BCUT2D eigenvalue weighted by Crippen LogP contribution is -2.30. The second kappa shape index (κ2) is 8.19. The van der Waals surface area contributed by atoms with Gasteiger partial charge in [0.1, 0.15) is 23.3 Å². The summed E-state index contributed by atoms with van der Waals surface area (Å²) in [7, 11) is 0. The summed E-state index contributed by atoms with van der Waals surface area (Å²) >= 11 is 1.45. The first-order chi connectivity index (χ1) is 14.0. The van der Waals surface area contributed by atoms with Crippen molar-refractivity contribution in [1.82, 2.24) is 9.55 Å². The molecule has 0 aliphatic heterocycles. The van der Waals surface area contributed by atoms with Gasteiger partial charge in [-0.25, -0.2) is 4.98 Å². The van der Waals surface area contributed by atoms with Crippen molar-refractivity contribution in [3.05, 3.63) is 81.7 Å². The zero-order chi connectivity index (χ0) is 20.4. The molecule has 5 nitrogen and oxygen atoms in total. The SMILES string of the molecule is Cc1ccc(-c2csc3ncn(C[C@@H](O)COc4cccc(C)c4)c(=O)c23)cc1. The second-order valence-corrected chi connectivity index (χ2v) is 8.04. The van der Waals surface area contributed by atoms with Gasteiger partial charge >= 0.3 is 0 Å². The van der Waals surface area contributed by atoms with Crippen LogP contribution in [-0.2, 0) is 6.54 Å². The molecule has 0 spiro atoms. The fraction of sp³-hybridized carbons (Fsp3) is 0.217. The molecule has 29 heavy (non-hydrogen) atoms. The summed E-state index contributed by atoms with van der Waals surface area (Å²) in [5, 5.41) is 12.9. The maximum atomic E-state index is 13.1. The number of rotatable bonds is 6. The van der Waals surface area contributed by atoms with Crippen LogP contribution in [0.2, 0.25) is 0 Å². The Morgan fingerprint density at radius 2 is 1.93 bits per heavy atom. The normalized spacial score (nSPS) is 12.2. The lowest BCUT2D eigenvalue weighted by Gasteiger charge is -2.14. The third-order valence-electron chi connectivity index (χ3n) is 4.76. The van der Waals surface area contributed by atoms with Gasteiger partial charge in [0.05, 0.1) is 18.3 Å². The van der Waals surface area contributed by atoms with Crippen molar-refractivity contribution in [3.8, 4) is 16.9 Å². The van der Waals surface area contributed by atoms with Gasteiger partial charge in [0, 0.05) is 10.9 Å². The average molecular weight is 407 g/mol. The molecule has 0 fully saturated rings. The van der Waals surface area contributed by atoms with E-state index >= 15 is 0 Å². The van der Waals surface area contributed by atoms with Crippen molar-refractivity contribution in [3.63, 3.8) is 0 Å². The van der Waals surface area contributed by atoms with E-state index in [1.54, 1.807) is 0 Å². The minimum Gasteiger partial charge on any atom is -0.491 e. The topological polar surface area (TPSA) is 64.3 Å². The number of benzene rings is 2. The molecule has 0 saturated carbocycles. The van der Waals surface area contributed by atoms with E-state index in [0.717, 1.165) is 16.7 Å². The van der Waals surface area contributed by atoms with E-state index in [4.69, 9.17) is 4.74 Å². The highest BCUT2D eigenvalue weighted by Crippen LogP contribution is 2.30. The molecule has 4 rings (SSSR count). The van der Waals surface area contributed by atoms with Gasteiger partial charge in [-0.1, -0.05) is 42.0 Å². The number of aliphatic hydroxyl groups excluding tert-OH is 1. The number of ether oxygens (including phenoxy) is 1. The average Bonchev–Trinajstić information content (AvgIpc) is 3.14. The predicted molar refractivity (Wildman–Crippen MR) is 117 cm³/mol. The van der Waals surface area contributed by atoms with E-state index in [2.05, 4.69) is 4.98 Å². The molecular formula is C23H22N2O3S. The Labute approximate surface area is 172 Å². The summed E-state index contributed by atoms with van der Waals surface area (Å²) in [5.41, 5.74) is 3.97. The van der Waals surface area contributed by atoms with Crippen molar-refractivity contribution in [1.29, 1.82) is 0 Å². The highest BCUT2D eigenvalue weighted by molar-refractivity contribution is 7.17. The van der Waals surface area contributed by atoms with E-state index in [1.807, 2.05) is 67.8 Å². The molecule has 0 aliphatic carbocycles. The van der Waals surface area contributed by atoms with Gasteiger partial charge in [0.2, 0.25) is 0 Å². The molecule has 0 unspecified atom stereocenters. The van der Waals surface area contributed by atoms with Crippen LogP contribution >= 0.6 is 11.3 Å². The second-order valence-electron chi connectivity index (χ2n) is 7.18. The van der Waals surface area contributed by atoms with E-state index in [1.165, 1.54) is 27.8 Å². The van der Waals surface area contributed by atoms with Crippen LogP contribution in [0.5, 0.6) is 5.75 Å². The minimum atomic E-state index is -0.825. The zero-order valence-corrected chi connectivity index (χ0v) is 17.1. The molecule has 2 heterocycles. The fourth-order valence-electron chi connectivity index (χ4n) is 3.22. The molecule has 0 radical (unpaired) electrons. The minimum absolute atomic E-state index is 0.0996. The van der Waals surface area contributed by atoms with Gasteiger partial charge < -0.3 is 9.84 Å². The van der Waals surface area contributed by atoms with Crippen molar-refractivity contribution in [2.24, 2.45) is 0 Å². The first-order valence-corrected chi connectivity index (χ1v) is 10.3. The lowest BCUT2D eigenvalue weighted by atomic mass is 10.1. The number of aromatic nitrogens is 2. The lowest BCUT2D eigenvalue weighted by molar-refractivity contribution is 0.0914. The number of aryl methyl sites for hydroxylation is 2. The van der Waals surface area contributed by atoms with E-state index in [9.17, 15) is 9.90 Å². The highest BCUT2D eigenvalue weighted by Gasteiger charge is 2.15. The molecule has 0 bridgehead atoms. The Kier molecular flexibility index (Phi) is 5.47. The number of aliphatic hydroxyl groups is 1. The number of nitrogens with zero attached hydrogens (tertiary/aromatic N) is 2. The molecule has 0 saturated heterocycles. The summed E-state index contributed by atoms with van der Waals surface area (Å²) in [6, 6.07) is 15.7. The fourth-order valence-corrected chi connectivity index (χ4v) is 4.13. The van der Waals surface area contributed by atoms with Crippen LogP contribution < -0.4 is 10.3 Å². The quantitative estimate of drug-likeness (QED) is 0.522. The van der Waals surface area contributed by atoms with Crippen LogP contribution in [-0.4, -0.2) is 27.4 Å². The Hall–Kier alpha value is -2.96. The van der Waals surface area contributed by atoms with Gasteiger partial charge in [0.25, 0.3) is 5.56 Å². The summed E-state index contributed by atoms with van der Waals surface area (Å²) in [4.78, 5) is 18.2. The van der Waals surface area contributed by atoms with Crippen LogP contribution in [0, 0.1) is 13.8 Å². The van der Waals surface area contributed by atoms with Crippen LogP contribution in [0.4, 0.5) is 0 Å². The molecule has 1 N–H and O–H groups in total. The summed E-state index contributed by atoms with van der Waals surface area (Å²) in [6.07, 6.45) is 0.671. The van der Waals surface area contributed by atoms with Gasteiger partial charge in [-0.2, -0.15) is 0 Å². The van der Waals surface area contributed by atoms with Gasteiger partial charge in [-0.05, 0) is 37.1 Å². The first kappa shape index (κ1) is 19.4. The Balaban J connectivity index is 1.56. The van der Waals surface area contributed by atoms with Gasteiger partial charge in [0.15, 0.2) is 0 Å². The Morgan fingerprint density at radius 3 is 2.69 bits per heavy atom. The molecule has 0 amide bonds. The molecule has 0 aliphatic rings. The standard InChI is InChI=1S/C23H22N2O3S/c1-15-6-8-17(9-7-15)20-13-29-22-21(20)23(27)25(14-24-22)11-18(26)12-28-19-5-3-4-16(2)10-19/h3-10,13-14,18,26H,11-12H2,1-2H3/t18-/m1/s1. The van der Waals surface area contributed by atoms with Crippen LogP contribution in [0.3, 0.4) is 0 Å². The number of fused-ring (bicyclic) bond motifs is 1. The van der Waals surface area contributed by atoms with Crippen molar-refractivity contribution in [2.45, 2.75) is 26.5 Å². The maximum Gasteiger partial charge on any atom is 0.262 e. The highest BCUT2D eigenvalue weighted by atomic mass is 32.1. The predicted octanol–water partition coefficient (Wildman–Crippen LogP) is 4.18. The molecule has 2 aromatic heterocycles. The molecule has 148 valence electrons. The zero-order valence-electron chi connectivity index (χ0n) is 16.3. The molecule has 4 aromatic rings. The largest absolute Gasteiger partial charge is 0.491 e. The third kappa shape index (κ3) is 4.23. The van der Waals surface area contributed by atoms with Crippen LogP contribution in [0.15, 0.2) is 65.0 Å².